The van der Waals surface area contributed by atoms with Crippen LogP contribution in [0.4, 0.5) is 5.82 Å². The molecule has 1 aliphatic rings. The van der Waals surface area contributed by atoms with Crippen molar-refractivity contribution in [2.24, 2.45) is 0 Å². The van der Waals surface area contributed by atoms with Gasteiger partial charge in [0, 0.05) is 41.3 Å². The average Bonchev–Trinajstić information content (AvgIpc) is 3.20. The standard InChI is InChI=1S/C26H25BrClN5O/c1-16-11-18(13-19(28)12-16)26(34)32-9-7-20(8-10-32)30-24-14-23(21-6-4-3-5-17(21)2)31-25-22(27)15-29-33(24)25/h3-6,11-15,20,30H,7-10H2,1-2H3. The largest absolute Gasteiger partial charge is 0.367 e. The summed E-state index contributed by atoms with van der Waals surface area (Å²) in [5, 5.41) is 8.77. The van der Waals surface area contributed by atoms with Gasteiger partial charge in [-0.25, -0.2) is 4.98 Å². The zero-order valence-electron chi connectivity index (χ0n) is 19.1. The van der Waals surface area contributed by atoms with Crippen molar-refractivity contribution in [2.45, 2.75) is 32.7 Å². The van der Waals surface area contributed by atoms with Gasteiger partial charge in [0.05, 0.1) is 16.4 Å². The molecule has 8 heteroatoms. The third-order valence-corrected chi connectivity index (χ3v) is 7.05. The van der Waals surface area contributed by atoms with Crippen LogP contribution in [0.5, 0.6) is 0 Å². The van der Waals surface area contributed by atoms with Gasteiger partial charge in [0.2, 0.25) is 0 Å². The third-order valence-electron chi connectivity index (χ3n) is 6.27. The number of halogens is 2. The van der Waals surface area contributed by atoms with Crippen molar-refractivity contribution in [1.82, 2.24) is 19.5 Å². The summed E-state index contributed by atoms with van der Waals surface area (Å²) >= 11 is 9.75. The predicted octanol–water partition coefficient (Wildman–Crippen LogP) is 6.15. The highest BCUT2D eigenvalue weighted by atomic mass is 79.9. The second-order valence-corrected chi connectivity index (χ2v) is 10.1. The smallest absolute Gasteiger partial charge is 0.253 e. The monoisotopic (exact) mass is 537 g/mol. The van der Waals surface area contributed by atoms with Crippen LogP contribution in [0.1, 0.15) is 34.3 Å². The van der Waals surface area contributed by atoms with E-state index < -0.39 is 0 Å². The topological polar surface area (TPSA) is 62.5 Å². The minimum atomic E-state index is 0.0354. The van der Waals surface area contributed by atoms with Gasteiger partial charge in [0.1, 0.15) is 5.82 Å². The maximum atomic E-state index is 13.0. The normalized spacial score (nSPS) is 14.5. The third kappa shape index (κ3) is 4.55. The Morgan fingerprint density at radius 1 is 1.12 bits per heavy atom. The lowest BCUT2D eigenvalue weighted by molar-refractivity contribution is 0.0718. The molecule has 1 fully saturated rings. The highest BCUT2D eigenvalue weighted by molar-refractivity contribution is 9.10. The maximum Gasteiger partial charge on any atom is 0.253 e. The number of amides is 1. The van der Waals surface area contributed by atoms with E-state index in [1.807, 2.05) is 40.6 Å². The van der Waals surface area contributed by atoms with Gasteiger partial charge in [-0.1, -0.05) is 35.9 Å². The quantitative estimate of drug-likeness (QED) is 0.339. The number of rotatable bonds is 4. The second kappa shape index (κ2) is 9.39. The summed E-state index contributed by atoms with van der Waals surface area (Å²) in [5.41, 5.74) is 5.58. The van der Waals surface area contributed by atoms with Crippen molar-refractivity contribution in [3.63, 3.8) is 0 Å². The first kappa shape index (κ1) is 22.9. The molecule has 0 radical (unpaired) electrons. The molecule has 2 aromatic heterocycles. The van der Waals surface area contributed by atoms with Crippen LogP contribution in [-0.2, 0) is 0 Å². The van der Waals surface area contributed by atoms with E-state index in [9.17, 15) is 4.79 Å². The number of carbonyl (C=O) groups excluding carboxylic acids is 1. The van der Waals surface area contributed by atoms with Crippen LogP contribution in [0.3, 0.4) is 0 Å². The predicted molar refractivity (Wildman–Crippen MR) is 140 cm³/mol. The Labute approximate surface area is 212 Å². The van der Waals surface area contributed by atoms with Gasteiger partial charge in [-0.15, -0.1) is 0 Å². The molecule has 6 nitrogen and oxygen atoms in total. The van der Waals surface area contributed by atoms with E-state index in [2.05, 4.69) is 51.5 Å². The van der Waals surface area contributed by atoms with E-state index >= 15 is 0 Å². The Morgan fingerprint density at radius 3 is 2.62 bits per heavy atom. The number of nitrogens with zero attached hydrogens (tertiary/aromatic N) is 4. The number of aromatic nitrogens is 3. The molecule has 0 aliphatic carbocycles. The Kier molecular flexibility index (Phi) is 6.32. The average molecular weight is 539 g/mol. The van der Waals surface area contributed by atoms with Crippen LogP contribution in [0.2, 0.25) is 5.02 Å². The lowest BCUT2D eigenvalue weighted by atomic mass is 10.0. The van der Waals surface area contributed by atoms with Gasteiger partial charge in [-0.05, 0) is 71.9 Å². The summed E-state index contributed by atoms with van der Waals surface area (Å²) in [4.78, 5) is 19.8. The number of hydrogen-bond acceptors (Lipinski definition) is 4. The summed E-state index contributed by atoms with van der Waals surface area (Å²) in [6.07, 6.45) is 3.46. The molecular formula is C26H25BrClN5O. The summed E-state index contributed by atoms with van der Waals surface area (Å²) in [6.45, 7) is 5.41. The van der Waals surface area contributed by atoms with E-state index in [-0.39, 0.29) is 11.9 Å². The fourth-order valence-corrected chi connectivity index (χ4v) is 5.15. The Bertz CT molecular complexity index is 1360. The highest BCUT2D eigenvalue weighted by Gasteiger charge is 2.25. The molecule has 5 rings (SSSR count). The molecule has 1 N–H and O–H groups in total. The van der Waals surface area contributed by atoms with Crippen molar-refractivity contribution in [2.75, 3.05) is 18.4 Å². The molecule has 174 valence electrons. The van der Waals surface area contributed by atoms with Crippen LogP contribution in [0, 0.1) is 13.8 Å². The van der Waals surface area contributed by atoms with Crippen LogP contribution in [0.15, 0.2) is 59.2 Å². The maximum absolute atomic E-state index is 13.0. The molecule has 0 spiro atoms. The zero-order valence-corrected chi connectivity index (χ0v) is 21.4. The molecule has 3 heterocycles. The van der Waals surface area contributed by atoms with E-state index in [0.29, 0.717) is 23.7 Å². The fraction of sp³-hybridized carbons (Fsp3) is 0.269. The lowest BCUT2D eigenvalue weighted by Gasteiger charge is -2.33. The van der Waals surface area contributed by atoms with Crippen LogP contribution < -0.4 is 5.32 Å². The van der Waals surface area contributed by atoms with Crippen molar-refractivity contribution in [3.05, 3.63) is 80.9 Å². The summed E-state index contributed by atoms with van der Waals surface area (Å²) < 4.78 is 2.68. The second-order valence-electron chi connectivity index (χ2n) is 8.80. The van der Waals surface area contributed by atoms with Gasteiger partial charge < -0.3 is 10.2 Å². The van der Waals surface area contributed by atoms with Crippen molar-refractivity contribution in [1.29, 1.82) is 0 Å². The number of benzene rings is 2. The molecule has 1 amide bonds. The fourth-order valence-electron chi connectivity index (χ4n) is 4.52. The van der Waals surface area contributed by atoms with E-state index in [4.69, 9.17) is 16.6 Å². The van der Waals surface area contributed by atoms with Crippen LogP contribution >= 0.6 is 27.5 Å². The van der Waals surface area contributed by atoms with E-state index in [1.165, 1.54) is 5.56 Å². The summed E-state index contributed by atoms with van der Waals surface area (Å²) in [6, 6.07) is 16.0. The number of anilines is 1. The van der Waals surface area contributed by atoms with Crippen molar-refractivity contribution in [3.8, 4) is 11.3 Å². The van der Waals surface area contributed by atoms with Gasteiger partial charge in [0.15, 0.2) is 5.65 Å². The summed E-state index contributed by atoms with van der Waals surface area (Å²) in [7, 11) is 0. The number of nitrogens with one attached hydrogen (secondary N) is 1. The molecular weight excluding hydrogens is 514 g/mol. The number of likely N-dealkylation sites (tertiary alicyclic amines) is 1. The lowest BCUT2D eigenvalue weighted by Crippen LogP contribution is -2.42. The number of piperidine rings is 1. The molecule has 0 saturated carbocycles. The van der Waals surface area contributed by atoms with Crippen LogP contribution in [-0.4, -0.2) is 44.5 Å². The van der Waals surface area contributed by atoms with Gasteiger partial charge in [-0.2, -0.15) is 9.61 Å². The number of fused-ring (bicyclic) bond motifs is 1. The highest BCUT2D eigenvalue weighted by Crippen LogP contribution is 2.29. The molecule has 0 bridgehead atoms. The van der Waals surface area contributed by atoms with Crippen molar-refractivity contribution >= 4 is 44.9 Å². The Hall–Kier alpha value is -2.90. The molecule has 4 aromatic rings. The van der Waals surface area contributed by atoms with Gasteiger partial charge in [-0.3, -0.25) is 4.79 Å². The van der Waals surface area contributed by atoms with Gasteiger partial charge >= 0.3 is 0 Å². The molecule has 1 aliphatic heterocycles. The Balaban J connectivity index is 1.35. The Morgan fingerprint density at radius 2 is 1.88 bits per heavy atom. The first-order valence-corrected chi connectivity index (χ1v) is 12.5. The molecule has 1 saturated heterocycles. The minimum Gasteiger partial charge on any atom is -0.367 e. The first-order valence-electron chi connectivity index (χ1n) is 11.3. The first-order chi connectivity index (χ1) is 16.4. The van der Waals surface area contributed by atoms with E-state index in [1.54, 1.807) is 12.3 Å². The molecule has 0 unspecified atom stereocenters. The number of carbonyl (C=O) groups is 1. The molecule has 2 aromatic carbocycles. The van der Waals surface area contributed by atoms with Gasteiger partial charge in [0.25, 0.3) is 5.91 Å². The van der Waals surface area contributed by atoms with Crippen LogP contribution in [0.25, 0.3) is 16.9 Å². The summed E-state index contributed by atoms with van der Waals surface area (Å²) in [5.74, 6) is 0.928. The van der Waals surface area contributed by atoms with E-state index in [0.717, 1.165) is 45.6 Å². The minimum absolute atomic E-state index is 0.0354. The molecule has 0 atom stereocenters. The number of aryl methyl sites for hydroxylation is 2. The molecule has 34 heavy (non-hydrogen) atoms. The SMILES string of the molecule is Cc1cc(Cl)cc(C(=O)N2CCC(Nc3cc(-c4ccccc4C)nc4c(Br)cnn34)CC2)c1. The van der Waals surface area contributed by atoms with Crippen molar-refractivity contribution < 1.29 is 4.79 Å². The zero-order chi connectivity index (χ0) is 23.8. The number of hydrogen-bond donors (Lipinski definition) is 1.